The molecular weight excluding hydrogens is 205 g/mol. The summed E-state index contributed by atoms with van der Waals surface area (Å²) >= 11 is 0. The Balaban J connectivity index is 2.37. The Labute approximate surface area is 94.9 Å². The van der Waals surface area contributed by atoms with Gasteiger partial charge in [-0.3, -0.25) is 4.79 Å². The molecule has 16 heavy (non-hydrogen) atoms. The van der Waals surface area contributed by atoms with Gasteiger partial charge in [-0.1, -0.05) is 12.1 Å². The number of hydrogen-bond donors (Lipinski definition) is 1. The smallest absolute Gasteiger partial charge is 0.221 e. The predicted octanol–water partition coefficient (Wildman–Crippen LogP) is 2.52. The van der Waals surface area contributed by atoms with Gasteiger partial charge in [-0.2, -0.15) is 0 Å². The highest BCUT2D eigenvalue weighted by Gasteiger charge is 2.39. The molecule has 1 aromatic rings. The topological polar surface area (TPSA) is 29.1 Å². The molecule has 1 fully saturated rings. The van der Waals surface area contributed by atoms with E-state index in [-0.39, 0.29) is 23.2 Å². The summed E-state index contributed by atoms with van der Waals surface area (Å²) in [5.41, 5.74) is 1.24. The normalized spacial score (nSPS) is 23.2. The monoisotopic (exact) mass is 221 g/mol. The molecule has 0 saturated carbocycles. The molecule has 1 aromatic carbocycles. The molecule has 2 nitrogen and oxygen atoms in total. The third kappa shape index (κ3) is 1.82. The SMILES string of the molecule is Cc1ccc(C2CC(=O)NC2(C)C)cc1F. The fraction of sp³-hybridized carbons (Fsp3) is 0.462. The van der Waals surface area contributed by atoms with Crippen LogP contribution < -0.4 is 5.32 Å². The van der Waals surface area contributed by atoms with Crippen LogP contribution >= 0.6 is 0 Å². The minimum atomic E-state index is -0.293. The second kappa shape index (κ2) is 3.58. The summed E-state index contributed by atoms with van der Waals surface area (Å²) < 4.78 is 13.5. The summed E-state index contributed by atoms with van der Waals surface area (Å²) in [5.74, 6) is -0.112. The Kier molecular flexibility index (Phi) is 2.49. The van der Waals surface area contributed by atoms with E-state index in [2.05, 4.69) is 5.32 Å². The lowest BCUT2D eigenvalue weighted by molar-refractivity contribution is -0.119. The van der Waals surface area contributed by atoms with Crippen molar-refractivity contribution in [1.29, 1.82) is 0 Å². The zero-order valence-electron chi connectivity index (χ0n) is 9.80. The van der Waals surface area contributed by atoms with Crippen LogP contribution in [0.2, 0.25) is 0 Å². The zero-order valence-corrected chi connectivity index (χ0v) is 9.80. The molecule has 0 bridgehead atoms. The minimum absolute atomic E-state index is 0.0379. The van der Waals surface area contributed by atoms with Crippen LogP contribution in [0.25, 0.3) is 0 Å². The standard InChI is InChI=1S/C13H16FNO/c1-8-4-5-9(6-11(8)14)10-7-12(16)15-13(10,2)3/h4-6,10H,7H2,1-3H3,(H,15,16). The lowest BCUT2D eigenvalue weighted by Crippen LogP contribution is -2.38. The van der Waals surface area contributed by atoms with Gasteiger partial charge in [0.15, 0.2) is 0 Å². The quantitative estimate of drug-likeness (QED) is 0.775. The van der Waals surface area contributed by atoms with E-state index in [0.29, 0.717) is 12.0 Å². The van der Waals surface area contributed by atoms with Gasteiger partial charge in [0.2, 0.25) is 5.91 Å². The maximum Gasteiger partial charge on any atom is 0.221 e. The molecule has 3 heteroatoms. The van der Waals surface area contributed by atoms with Crippen LogP contribution in [0.15, 0.2) is 18.2 Å². The van der Waals surface area contributed by atoms with Crippen LogP contribution in [0.4, 0.5) is 4.39 Å². The van der Waals surface area contributed by atoms with E-state index in [0.717, 1.165) is 5.56 Å². The van der Waals surface area contributed by atoms with Crippen LogP contribution in [-0.4, -0.2) is 11.4 Å². The highest BCUT2D eigenvalue weighted by atomic mass is 19.1. The Morgan fingerprint density at radius 3 is 2.62 bits per heavy atom. The molecule has 0 aromatic heterocycles. The van der Waals surface area contributed by atoms with Crippen molar-refractivity contribution in [1.82, 2.24) is 5.32 Å². The Hall–Kier alpha value is -1.38. The van der Waals surface area contributed by atoms with Gasteiger partial charge in [-0.05, 0) is 38.0 Å². The van der Waals surface area contributed by atoms with Crippen molar-refractivity contribution >= 4 is 5.91 Å². The first-order valence-electron chi connectivity index (χ1n) is 5.47. The van der Waals surface area contributed by atoms with E-state index >= 15 is 0 Å². The van der Waals surface area contributed by atoms with Crippen molar-refractivity contribution in [2.45, 2.75) is 38.6 Å². The average molecular weight is 221 g/mol. The van der Waals surface area contributed by atoms with E-state index in [1.165, 1.54) is 0 Å². The average Bonchev–Trinajstić information content (AvgIpc) is 2.44. The van der Waals surface area contributed by atoms with Gasteiger partial charge in [0.25, 0.3) is 0 Å². The number of nitrogens with one attached hydrogen (secondary N) is 1. The van der Waals surface area contributed by atoms with Crippen molar-refractivity contribution in [3.05, 3.63) is 35.1 Å². The lowest BCUT2D eigenvalue weighted by atomic mass is 9.83. The number of hydrogen-bond acceptors (Lipinski definition) is 1. The second-order valence-corrected chi connectivity index (χ2v) is 5.04. The summed E-state index contributed by atoms with van der Waals surface area (Å²) in [5, 5.41) is 2.91. The van der Waals surface area contributed by atoms with Crippen molar-refractivity contribution in [2.75, 3.05) is 0 Å². The van der Waals surface area contributed by atoms with Crippen molar-refractivity contribution < 1.29 is 9.18 Å². The van der Waals surface area contributed by atoms with Crippen LogP contribution in [0.3, 0.4) is 0 Å². The van der Waals surface area contributed by atoms with Gasteiger partial charge in [0.05, 0.1) is 0 Å². The third-order valence-corrected chi connectivity index (χ3v) is 3.32. The first kappa shape index (κ1) is 11.1. The number of amides is 1. The zero-order chi connectivity index (χ0) is 11.9. The lowest BCUT2D eigenvalue weighted by Gasteiger charge is -2.26. The molecule has 2 rings (SSSR count). The van der Waals surface area contributed by atoms with Gasteiger partial charge in [-0.25, -0.2) is 4.39 Å². The van der Waals surface area contributed by atoms with Crippen molar-refractivity contribution in [3.8, 4) is 0 Å². The molecule has 1 heterocycles. The summed E-state index contributed by atoms with van der Waals surface area (Å²) in [6.07, 6.45) is 0.440. The van der Waals surface area contributed by atoms with Gasteiger partial charge < -0.3 is 5.32 Å². The van der Waals surface area contributed by atoms with E-state index < -0.39 is 0 Å². The van der Waals surface area contributed by atoms with Crippen molar-refractivity contribution in [2.24, 2.45) is 0 Å². The van der Waals surface area contributed by atoms with Gasteiger partial charge >= 0.3 is 0 Å². The van der Waals surface area contributed by atoms with Gasteiger partial charge in [0, 0.05) is 17.9 Å². The predicted molar refractivity (Wildman–Crippen MR) is 60.7 cm³/mol. The van der Waals surface area contributed by atoms with E-state index in [9.17, 15) is 9.18 Å². The molecule has 0 aliphatic carbocycles. The van der Waals surface area contributed by atoms with Crippen LogP contribution in [0, 0.1) is 12.7 Å². The van der Waals surface area contributed by atoms with Gasteiger partial charge in [-0.15, -0.1) is 0 Å². The molecule has 1 amide bonds. The first-order chi connectivity index (χ1) is 7.40. The fourth-order valence-electron chi connectivity index (χ4n) is 2.30. The van der Waals surface area contributed by atoms with Crippen LogP contribution in [0.5, 0.6) is 0 Å². The molecule has 0 spiro atoms. The molecule has 1 N–H and O–H groups in total. The number of rotatable bonds is 1. The third-order valence-electron chi connectivity index (χ3n) is 3.32. The molecule has 0 radical (unpaired) electrons. The highest BCUT2D eigenvalue weighted by molar-refractivity contribution is 5.81. The fourth-order valence-corrected chi connectivity index (χ4v) is 2.30. The van der Waals surface area contributed by atoms with Crippen LogP contribution in [-0.2, 0) is 4.79 Å². The maximum absolute atomic E-state index is 13.5. The summed E-state index contributed by atoms with van der Waals surface area (Å²) in [4.78, 5) is 11.4. The molecule has 86 valence electrons. The Morgan fingerprint density at radius 1 is 1.44 bits per heavy atom. The van der Waals surface area contributed by atoms with E-state index in [1.807, 2.05) is 19.9 Å². The minimum Gasteiger partial charge on any atom is -0.351 e. The molecule has 1 saturated heterocycles. The second-order valence-electron chi connectivity index (χ2n) is 5.04. The Morgan fingerprint density at radius 2 is 2.12 bits per heavy atom. The van der Waals surface area contributed by atoms with Gasteiger partial charge in [0.1, 0.15) is 5.82 Å². The maximum atomic E-state index is 13.5. The largest absolute Gasteiger partial charge is 0.351 e. The molecule has 1 unspecified atom stereocenters. The first-order valence-corrected chi connectivity index (χ1v) is 5.47. The molecule has 1 aliphatic rings. The summed E-state index contributed by atoms with van der Waals surface area (Å²) in [6.45, 7) is 5.68. The van der Waals surface area contributed by atoms with E-state index in [1.54, 1.807) is 19.1 Å². The molecule has 1 atom stereocenters. The number of benzene rings is 1. The molecular formula is C13H16FNO. The number of carbonyl (C=O) groups excluding carboxylic acids is 1. The van der Waals surface area contributed by atoms with E-state index in [4.69, 9.17) is 0 Å². The highest BCUT2D eigenvalue weighted by Crippen LogP contribution is 2.36. The molecule has 1 aliphatic heterocycles. The van der Waals surface area contributed by atoms with Crippen molar-refractivity contribution in [3.63, 3.8) is 0 Å². The number of carbonyl (C=O) groups is 1. The number of halogens is 1. The number of aryl methyl sites for hydroxylation is 1. The summed E-state index contributed by atoms with van der Waals surface area (Å²) in [7, 11) is 0. The van der Waals surface area contributed by atoms with Crippen LogP contribution in [0.1, 0.15) is 37.3 Å². The Bertz CT molecular complexity index is 440. The summed E-state index contributed by atoms with van der Waals surface area (Å²) in [6, 6.07) is 5.22.